The molecule has 2 aromatic carbocycles. The van der Waals surface area contributed by atoms with Crippen LogP contribution in [0.25, 0.3) is 10.1 Å². The van der Waals surface area contributed by atoms with Crippen LogP contribution in [0.2, 0.25) is 5.02 Å². The second-order valence-electron chi connectivity index (χ2n) is 6.21. The lowest BCUT2D eigenvalue weighted by Crippen LogP contribution is -2.29. The minimum Gasteiger partial charge on any atom is -0.493 e. The molecule has 1 aromatic heterocycles. The van der Waals surface area contributed by atoms with Crippen molar-refractivity contribution in [2.75, 3.05) is 13.7 Å². The van der Waals surface area contributed by atoms with Gasteiger partial charge in [0.25, 0.3) is 5.91 Å². The number of carbonyl (C=O) groups is 2. The number of methoxy groups -OCH3 is 1. The van der Waals surface area contributed by atoms with Crippen LogP contribution < -0.4 is 14.8 Å². The summed E-state index contributed by atoms with van der Waals surface area (Å²) >= 11 is 7.66. The number of fused-ring (bicyclic) bond motifs is 1. The first-order chi connectivity index (χ1) is 13.9. The number of nitrogens with one attached hydrogen (secondary N) is 1. The van der Waals surface area contributed by atoms with Crippen LogP contribution in [-0.4, -0.2) is 30.7 Å². The van der Waals surface area contributed by atoms with Crippen LogP contribution in [-0.2, 0) is 4.79 Å². The molecular weight excluding hydrogens is 414 g/mol. The van der Waals surface area contributed by atoms with Crippen molar-refractivity contribution < 1.29 is 24.2 Å². The predicted molar refractivity (Wildman–Crippen MR) is 113 cm³/mol. The number of hydrogen-bond acceptors (Lipinski definition) is 5. The van der Waals surface area contributed by atoms with E-state index < -0.39 is 17.9 Å². The summed E-state index contributed by atoms with van der Waals surface area (Å²) in [7, 11) is 1.50. The number of carboxylic acids is 1. The van der Waals surface area contributed by atoms with Gasteiger partial charge in [-0.1, -0.05) is 35.9 Å². The van der Waals surface area contributed by atoms with E-state index in [4.69, 9.17) is 21.1 Å². The van der Waals surface area contributed by atoms with Gasteiger partial charge in [0.1, 0.15) is 4.88 Å². The van der Waals surface area contributed by atoms with Gasteiger partial charge in [-0.25, -0.2) is 0 Å². The molecule has 0 radical (unpaired) electrons. The number of carbonyl (C=O) groups excluding carboxylic acids is 1. The molecule has 1 heterocycles. The maximum Gasteiger partial charge on any atom is 0.305 e. The third kappa shape index (κ3) is 4.63. The van der Waals surface area contributed by atoms with E-state index in [-0.39, 0.29) is 6.42 Å². The molecule has 8 heteroatoms. The van der Waals surface area contributed by atoms with Crippen molar-refractivity contribution in [1.82, 2.24) is 5.32 Å². The lowest BCUT2D eigenvalue weighted by Gasteiger charge is -2.19. The highest BCUT2D eigenvalue weighted by molar-refractivity contribution is 7.21. The van der Waals surface area contributed by atoms with Crippen molar-refractivity contribution in [3.63, 3.8) is 0 Å². The largest absolute Gasteiger partial charge is 0.493 e. The molecule has 0 saturated carbocycles. The minimum absolute atomic E-state index is 0.286. The topological polar surface area (TPSA) is 84.9 Å². The Hall–Kier alpha value is -2.77. The number of hydrogen-bond donors (Lipinski definition) is 2. The molecule has 1 amide bonds. The Morgan fingerprint density at radius 3 is 2.62 bits per heavy atom. The molecule has 0 saturated heterocycles. The zero-order valence-corrected chi connectivity index (χ0v) is 17.5. The second kappa shape index (κ2) is 9.15. The van der Waals surface area contributed by atoms with Gasteiger partial charge in [-0.05, 0) is 30.7 Å². The van der Waals surface area contributed by atoms with E-state index >= 15 is 0 Å². The lowest BCUT2D eigenvalue weighted by molar-refractivity contribution is -0.137. The Bertz CT molecular complexity index is 1050. The summed E-state index contributed by atoms with van der Waals surface area (Å²) in [6.07, 6.45) is -0.286. The summed E-state index contributed by atoms with van der Waals surface area (Å²) < 4.78 is 11.7. The maximum atomic E-state index is 12.9. The maximum absolute atomic E-state index is 12.9. The van der Waals surface area contributed by atoms with Crippen molar-refractivity contribution in [1.29, 1.82) is 0 Å². The van der Waals surface area contributed by atoms with Crippen LogP contribution >= 0.6 is 22.9 Å². The Morgan fingerprint density at radius 1 is 1.21 bits per heavy atom. The molecule has 0 aliphatic heterocycles. The number of rotatable bonds is 8. The summed E-state index contributed by atoms with van der Waals surface area (Å²) in [5, 5.41) is 13.3. The zero-order chi connectivity index (χ0) is 21.0. The van der Waals surface area contributed by atoms with E-state index in [1.165, 1.54) is 18.4 Å². The summed E-state index contributed by atoms with van der Waals surface area (Å²) in [6, 6.07) is 11.8. The Labute approximate surface area is 177 Å². The van der Waals surface area contributed by atoms with Gasteiger partial charge in [0.15, 0.2) is 11.5 Å². The Morgan fingerprint density at radius 2 is 1.97 bits per heavy atom. The highest BCUT2D eigenvalue weighted by Gasteiger charge is 2.23. The first-order valence-electron chi connectivity index (χ1n) is 8.95. The molecule has 3 rings (SSSR count). The molecule has 0 fully saturated rings. The highest BCUT2D eigenvalue weighted by atomic mass is 35.5. The smallest absolute Gasteiger partial charge is 0.305 e. The van der Waals surface area contributed by atoms with E-state index in [1.807, 2.05) is 31.2 Å². The normalized spacial score (nSPS) is 11.8. The fourth-order valence-electron chi connectivity index (χ4n) is 2.99. The number of halogens is 1. The van der Waals surface area contributed by atoms with Crippen LogP contribution in [0.3, 0.4) is 0 Å². The number of ether oxygens (including phenoxy) is 2. The zero-order valence-electron chi connectivity index (χ0n) is 15.9. The van der Waals surface area contributed by atoms with E-state index in [0.29, 0.717) is 33.6 Å². The van der Waals surface area contributed by atoms with Crippen molar-refractivity contribution in [2.24, 2.45) is 0 Å². The van der Waals surface area contributed by atoms with Gasteiger partial charge in [-0.3, -0.25) is 9.59 Å². The van der Waals surface area contributed by atoms with E-state index in [1.54, 1.807) is 18.2 Å². The molecule has 152 valence electrons. The number of amides is 1. The quantitative estimate of drug-likeness (QED) is 0.527. The molecule has 0 aliphatic carbocycles. The van der Waals surface area contributed by atoms with E-state index in [0.717, 1.165) is 10.1 Å². The van der Waals surface area contributed by atoms with Gasteiger partial charge in [0.2, 0.25) is 0 Å². The van der Waals surface area contributed by atoms with Crippen molar-refractivity contribution in [3.05, 3.63) is 57.9 Å². The van der Waals surface area contributed by atoms with Gasteiger partial charge in [0, 0.05) is 10.1 Å². The van der Waals surface area contributed by atoms with Crippen molar-refractivity contribution >= 4 is 44.9 Å². The van der Waals surface area contributed by atoms with Crippen molar-refractivity contribution in [3.8, 4) is 11.5 Å². The summed E-state index contributed by atoms with van der Waals surface area (Å²) in [4.78, 5) is 24.6. The molecule has 2 N–H and O–H groups in total. The summed E-state index contributed by atoms with van der Waals surface area (Å²) in [5.74, 6) is -0.443. The molecule has 1 unspecified atom stereocenters. The van der Waals surface area contributed by atoms with Crippen molar-refractivity contribution in [2.45, 2.75) is 19.4 Å². The Balaban J connectivity index is 1.91. The lowest BCUT2D eigenvalue weighted by atomic mass is 10.0. The fourth-order valence-corrected chi connectivity index (χ4v) is 4.41. The van der Waals surface area contributed by atoms with Crippen LogP contribution in [0.15, 0.2) is 42.5 Å². The van der Waals surface area contributed by atoms with Gasteiger partial charge in [-0.15, -0.1) is 11.3 Å². The molecule has 0 aliphatic rings. The fraction of sp³-hybridized carbons (Fsp3) is 0.238. The van der Waals surface area contributed by atoms with Crippen LogP contribution in [0.5, 0.6) is 11.5 Å². The third-order valence-electron chi connectivity index (χ3n) is 4.32. The first-order valence-corrected chi connectivity index (χ1v) is 10.1. The second-order valence-corrected chi connectivity index (χ2v) is 7.64. The van der Waals surface area contributed by atoms with Crippen LogP contribution in [0, 0.1) is 0 Å². The average Bonchev–Trinajstić information content (AvgIpc) is 3.04. The molecule has 6 nitrogen and oxygen atoms in total. The monoisotopic (exact) mass is 433 g/mol. The Kier molecular flexibility index (Phi) is 6.61. The number of benzene rings is 2. The van der Waals surface area contributed by atoms with E-state index in [2.05, 4.69) is 5.32 Å². The minimum atomic E-state index is -1.04. The third-order valence-corrected chi connectivity index (χ3v) is 5.99. The van der Waals surface area contributed by atoms with Gasteiger partial charge >= 0.3 is 5.97 Å². The SMILES string of the molecule is CCOc1ccc(C(CC(=O)O)NC(=O)c2sc3ccccc3c2Cl)cc1OC. The van der Waals surface area contributed by atoms with Gasteiger partial charge in [0.05, 0.1) is 31.2 Å². The van der Waals surface area contributed by atoms with Crippen LogP contribution in [0.4, 0.5) is 0 Å². The standard InChI is InChI=1S/C21H20ClNO5S/c1-3-28-15-9-8-12(10-16(15)27-2)14(11-18(24)25)23-21(26)20-19(22)13-6-4-5-7-17(13)29-20/h4-10,14H,3,11H2,1-2H3,(H,23,26)(H,24,25). The number of aliphatic carboxylic acids is 1. The first kappa shape index (κ1) is 21.0. The van der Waals surface area contributed by atoms with E-state index in [9.17, 15) is 14.7 Å². The summed E-state index contributed by atoms with van der Waals surface area (Å²) in [5.41, 5.74) is 0.596. The van der Waals surface area contributed by atoms with Gasteiger partial charge in [-0.2, -0.15) is 0 Å². The molecule has 0 bridgehead atoms. The molecule has 29 heavy (non-hydrogen) atoms. The average molecular weight is 434 g/mol. The molecule has 0 spiro atoms. The highest BCUT2D eigenvalue weighted by Crippen LogP contribution is 2.36. The summed E-state index contributed by atoms with van der Waals surface area (Å²) in [6.45, 7) is 2.32. The number of thiophene rings is 1. The number of carboxylic acid groups (broad SMARTS) is 1. The van der Waals surface area contributed by atoms with Crippen LogP contribution in [0.1, 0.15) is 34.6 Å². The molecular formula is C21H20ClNO5S. The van der Waals surface area contributed by atoms with Gasteiger partial charge < -0.3 is 19.9 Å². The predicted octanol–water partition coefficient (Wildman–Crippen LogP) is 4.91. The molecule has 1 atom stereocenters. The molecule has 3 aromatic rings.